The predicted octanol–water partition coefficient (Wildman–Crippen LogP) is 4.91. The lowest BCUT2D eigenvalue weighted by molar-refractivity contribution is -0.139. The minimum Gasteiger partial charge on any atom is -0.352 e. The number of hydrogen-bond donors (Lipinski definition) is 1. The van der Waals surface area contributed by atoms with Crippen LogP contribution in [0.15, 0.2) is 48.5 Å². The van der Waals surface area contributed by atoms with Crippen molar-refractivity contribution in [1.29, 1.82) is 0 Å². The van der Waals surface area contributed by atoms with Gasteiger partial charge in [0.15, 0.2) is 0 Å². The second-order valence-corrected chi connectivity index (χ2v) is 9.38. The summed E-state index contributed by atoms with van der Waals surface area (Å²) in [5, 5.41) is 2.98. The lowest BCUT2D eigenvalue weighted by Crippen LogP contribution is -2.51. The second-order valence-electron chi connectivity index (χ2n) is 8.40. The average molecular weight is 441 g/mol. The second kappa shape index (κ2) is 12.6. The molecule has 0 aliphatic carbocycles. The molecule has 31 heavy (non-hydrogen) atoms. The first kappa shape index (κ1) is 25.0. The lowest BCUT2D eigenvalue weighted by Gasteiger charge is -2.31. The van der Waals surface area contributed by atoms with Crippen molar-refractivity contribution in [1.82, 2.24) is 10.2 Å². The van der Waals surface area contributed by atoms with E-state index < -0.39 is 6.04 Å². The summed E-state index contributed by atoms with van der Waals surface area (Å²) in [4.78, 5) is 27.8. The molecule has 2 aromatic carbocycles. The summed E-state index contributed by atoms with van der Waals surface area (Å²) in [5.74, 6) is 1.11. The predicted molar refractivity (Wildman–Crippen MR) is 131 cm³/mol. The van der Waals surface area contributed by atoms with Gasteiger partial charge in [0.05, 0.1) is 5.75 Å². The smallest absolute Gasteiger partial charge is 0.242 e. The van der Waals surface area contributed by atoms with Gasteiger partial charge in [-0.05, 0) is 51.7 Å². The average Bonchev–Trinajstić information content (AvgIpc) is 2.70. The standard InChI is InChI=1S/C26H36N2O2S/c1-6-24(26(30)27-19(2)3)28(13-12-22-10-8-7-9-11-22)25(29)18-31-17-23-15-20(4)14-21(5)16-23/h7-11,14-16,19,24H,6,12-13,17-18H2,1-5H3,(H,27,30)/t24-/m1/s1. The summed E-state index contributed by atoms with van der Waals surface area (Å²) in [6.07, 6.45) is 1.33. The van der Waals surface area contributed by atoms with Crippen molar-refractivity contribution in [2.75, 3.05) is 12.3 Å². The maximum Gasteiger partial charge on any atom is 0.242 e. The molecule has 2 amide bonds. The Morgan fingerprint density at radius 2 is 1.65 bits per heavy atom. The van der Waals surface area contributed by atoms with E-state index in [1.807, 2.05) is 39.0 Å². The zero-order valence-electron chi connectivity index (χ0n) is 19.5. The molecule has 2 rings (SSSR count). The van der Waals surface area contributed by atoms with Crippen LogP contribution >= 0.6 is 11.8 Å². The third kappa shape index (κ3) is 8.41. The number of hydrogen-bond acceptors (Lipinski definition) is 3. The molecule has 0 bridgehead atoms. The highest BCUT2D eigenvalue weighted by Crippen LogP contribution is 2.18. The fourth-order valence-electron chi connectivity index (χ4n) is 3.77. The molecular weight excluding hydrogens is 404 g/mol. The molecular formula is C26H36N2O2S. The summed E-state index contributed by atoms with van der Waals surface area (Å²) in [6, 6.07) is 16.2. The number of rotatable bonds is 11. The van der Waals surface area contributed by atoms with Gasteiger partial charge in [-0.2, -0.15) is 0 Å². The van der Waals surface area contributed by atoms with E-state index in [-0.39, 0.29) is 17.9 Å². The number of benzene rings is 2. The molecule has 0 saturated carbocycles. The van der Waals surface area contributed by atoms with Crippen molar-refractivity contribution in [3.8, 4) is 0 Å². The SMILES string of the molecule is CC[C@H](C(=O)NC(C)C)N(CCc1ccccc1)C(=O)CSCc1cc(C)cc(C)c1. The van der Waals surface area contributed by atoms with Gasteiger partial charge in [-0.3, -0.25) is 9.59 Å². The molecule has 2 aromatic rings. The van der Waals surface area contributed by atoms with Gasteiger partial charge in [-0.25, -0.2) is 0 Å². The van der Waals surface area contributed by atoms with Crippen LogP contribution in [-0.2, 0) is 21.8 Å². The maximum absolute atomic E-state index is 13.2. The normalized spacial score (nSPS) is 11.9. The Balaban J connectivity index is 2.07. The molecule has 168 valence electrons. The van der Waals surface area contributed by atoms with Gasteiger partial charge >= 0.3 is 0 Å². The Hall–Kier alpha value is -2.27. The van der Waals surface area contributed by atoms with E-state index in [0.717, 1.165) is 12.2 Å². The molecule has 1 N–H and O–H groups in total. The fraction of sp³-hybridized carbons (Fsp3) is 0.462. The van der Waals surface area contributed by atoms with Gasteiger partial charge in [0.2, 0.25) is 11.8 Å². The summed E-state index contributed by atoms with van der Waals surface area (Å²) in [6.45, 7) is 10.6. The Kier molecular flexibility index (Phi) is 10.1. The molecule has 0 heterocycles. The van der Waals surface area contributed by atoms with Crippen LogP contribution < -0.4 is 5.32 Å². The van der Waals surface area contributed by atoms with E-state index in [9.17, 15) is 9.59 Å². The van der Waals surface area contributed by atoms with Gasteiger partial charge in [-0.1, -0.05) is 66.6 Å². The van der Waals surface area contributed by atoms with Crippen LogP contribution in [0.3, 0.4) is 0 Å². The lowest BCUT2D eigenvalue weighted by atomic mass is 10.1. The van der Waals surface area contributed by atoms with Crippen molar-refractivity contribution < 1.29 is 9.59 Å². The topological polar surface area (TPSA) is 49.4 Å². The molecule has 5 heteroatoms. The van der Waals surface area contributed by atoms with E-state index in [1.165, 1.54) is 22.3 Å². The third-order valence-electron chi connectivity index (χ3n) is 5.08. The molecule has 0 aliphatic rings. The van der Waals surface area contributed by atoms with Crippen LogP contribution in [-0.4, -0.2) is 41.1 Å². The molecule has 0 fully saturated rings. The molecule has 0 spiro atoms. The zero-order valence-corrected chi connectivity index (χ0v) is 20.3. The Morgan fingerprint density at radius 1 is 1.00 bits per heavy atom. The summed E-state index contributed by atoms with van der Waals surface area (Å²) in [5.41, 5.74) is 4.88. The Morgan fingerprint density at radius 3 is 2.23 bits per heavy atom. The van der Waals surface area contributed by atoms with Gasteiger partial charge in [-0.15, -0.1) is 11.8 Å². The monoisotopic (exact) mass is 440 g/mol. The molecule has 0 aliphatic heterocycles. The van der Waals surface area contributed by atoms with E-state index in [2.05, 4.69) is 49.5 Å². The Bertz CT molecular complexity index is 831. The van der Waals surface area contributed by atoms with Gasteiger partial charge < -0.3 is 10.2 Å². The molecule has 0 radical (unpaired) electrons. The number of amides is 2. The van der Waals surface area contributed by atoms with Crippen LogP contribution in [0.2, 0.25) is 0 Å². The summed E-state index contributed by atoms with van der Waals surface area (Å²) >= 11 is 1.61. The third-order valence-corrected chi connectivity index (χ3v) is 6.07. The van der Waals surface area contributed by atoms with E-state index in [1.54, 1.807) is 16.7 Å². The number of nitrogens with one attached hydrogen (secondary N) is 1. The highest BCUT2D eigenvalue weighted by atomic mass is 32.2. The van der Waals surface area contributed by atoms with Gasteiger partial charge in [0.1, 0.15) is 6.04 Å². The molecule has 0 unspecified atom stereocenters. The molecule has 0 aromatic heterocycles. The van der Waals surface area contributed by atoms with Crippen molar-refractivity contribution in [2.45, 2.75) is 65.3 Å². The van der Waals surface area contributed by atoms with Crippen LogP contribution in [0.1, 0.15) is 49.4 Å². The number of carbonyl (C=O) groups excluding carboxylic acids is 2. The maximum atomic E-state index is 13.2. The zero-order chi connectivity index (χ0) is 22.8. The Labute approximate surface area is 191 Å². The van der Waals surface area contributed by atoms with Crippen molar-refractivity contribution >= 4 is 23.6 Å². The minimum absolute atomic E-state index is 0.0241. The first-order valence-electron chi connectivity index (χ1n) is 11.1. The largest absolute Gasteiger partial charge is 0.352 e. The number of carbonyl (C=O) groups is 2. The van der Waals surface area contributed by atoms with Crippen molar-refractivity contribution in [2.24, 2.45) is 0 Å². The highest BCUT2D eigenvalue weighted by Gasteiger charge is 2.28. The van der Waals surface area contributed by atoms with E-state index in [4.69, 9.17) is 0 Å². The highest BCUT2D eigenvalue weighted by molar-refractivity contribution is 7.99. The van der Waals surface area contributed by atoms with E-state index in [0.29, 0.717) is 18.7 Å². The first-order chi connectivity index (χ1) is 14.8. The molecule has 0 saturated heterocycles. The van der Waals surface area contributed by atoms with Gasteiger partial charge in [0, 0.05) is 18.3 Å². The summed E-state index contributed by atoms with van der Waals surface area (Å²) in [7, 11) is 0. The molecule has 4 nitrogen and oxygen atoms in total. The van der Waals surface area contributed by atoms with Crippen LogP contribution in [0.25, 0.3) is 0 Å². The van der Waals surface area contributed by atoms with E-state index >= 15 is 0 Å². The number of thioether (sulfide) groups is 1. The summed E-state index contributed by atoms with van der Waals surface area (Å²) < 4.78 is 0. The number of aryl methyl sites for hydroxylation is 2. The quantitative estimate of drug-likeness (QED) is 0.540. The van der Waals surface area contributed by atoms with Gasteiger partial charge in [0.25, 0.3) is 0 Å². The molecule has 1 atom stereocenters. The fourth-order valence-corrected chi connectivity index (χ4v) is 4.61. The van der Waals surface area contributed by atoms with Crippen LogP contribution in [0.4, 0.5) is 0 Å². The van der Waals surface area contributed by atoms with Crippen LogP contribution in [0.5, 0.6) is 0 Å². The van der Waals surface area contributed by atoms with Crippen molar-refractivity contribution in [3.05, 3.63) is 70.8 Å². The first-order valence-corrected chi connectivity index (χ1v) is 12.2. The van der Waals surface area contributed by atoms with Crippen molar-refractivity contribution in [3.63, 3.8) is 0 Å². The van der Waals surface area contributed by atoms with Crippen LogP contribution in [0, 0.1) is 13.8 Å². The number of nitrogens with zero attached hydrogens (tertiary/aromatic N) is 1. The minimum atomic E-state index is -0.444.